The van der Waals surface area contributed by atoms with E-state index in [-0.39, 0.29) is 0 Å². The molecule has 0 saturated carbocycles. The molecule has 0 atom stereocenters. The Morgan fingerprint density at radius 3 is 2.80 bits per heavy atom. The molecule has 3 aromatic rings. The lowest BCUT2D eigenvalue weighted by Gasteiger charge is -2.09. The van der Waals surface area contributed by atoms with Crippen LogP contribution in [0.4, 0.5) is 11.4 Å². The van der Waals surface area contributed by atoms with Crippen molar-refractivity contribution in [3.63, 3.8) is 0 Å². The lowest BCUT2D eigenvalue weighted by Crippen LogP contribution is -2.19. The van der Waals surface area contributed by atoms with E-state index in [1.54, 1.807) is 4.68 Å². The van der Waals surface area contributed by atoms with Gasteiger partial charge in [0.25, 0.3) is 0 Å². The number of thiophene rings is 1. The van der Waals surface area contributed by atoms with Gasteiger partial charge in [-0.05, 0) is 37.3 Å². The van der Waals surface area contributed by atoms with Crippen molar-refractivity contribution in [1.82, 2.24) is 9.78 Å². The molecular weight excluding hydrogens is 380 g/mol. The fourth-order valence-electron chi connectivity index (χ4n) is 2.37. The van der Waals surface area contributed by atoms with Crippen LogP contribution in [-0.2, 0) is 11.8 Å². The standard InChI is InChI=1S/C16H15ClN4O2S2/c1-8-11(7-21(2)20-8)19-16(24)18-9-4-5-10-12(6-9)25-14(13(10)17)15(22)23-3/h4-7H,1-3H3,(H2,18,19,24). The number of aromatic nitrogens is 2. The van der Waals surface area contributed by atoms with Crippen molar-refractivity contribution in [3.8, 4) is 0 Å². The second-order valence-electron chi connectivity index (χ2n) is 5.33. The number of methoxy groups -OCH3 is 1. The molecule has 9 heteroatoms. The number of esters is 1. The van der Waals surface area contributed by atoms with Crippen molar-refractivity contribution >= 4 is 67.7 Å². The third-order valence-electron chi connectivity index (χ3n) is 3.52. The van der Waals surface area contributed by atoms with E-state index >= 15 is 0 Å². The summed E-state index contributed by atoms with van der Waals surface area (Å²) in [6.45, 7) is 1.90. The number of hydrogen-bond donors (Lipinski definition) is 2. The SMILES string of the molecule is COC(=O)c1sc2cc(NC(=S)Nc3cn(C)nc3C)ccc2c1Cl. The highest BCUT2D eigenvalue weighted by Crippen LogP contribution is 2.37. The highest BCUT2D eigenvalue weighted by Gasteiger charge is 2.17. The predicted molar refractivity (Wildman–Crippen MR) is 106 cm³/mol. The number of hydrogen-bond acceptors (Lipinski definition) is 5. The number of fused-ring (bicyclic) bond motifs is 1. The van der Waals surface area contributed by atoms with Crippen LogP contribution >= 0.6 is 35.2 Å². The maximum Gasteiger partial charge on any atom is 0.349 e. The van der Waals surface area contributed by atoms with Crippen molar-refractivity contribution in [2.24, 2.45) is 7.05 Å². The van der Waals surface area contributed by atoms with Crippen molar-refractivity contribution in [2.75, 3.05) is 17.7 Å². The predicted octanol–water partition coefficient (Wildman–Crippen LogP) is 4.19. The molecule has 0 aliphatic carbocycles. The lowest BCUT2D eigenvalue weighted by molar-refractivity contribution is 0.0606. The Balaban J connectivity index is 1.81. The molecule has 0 spiro atoms. The number of nitrogens with zero attached hydrogens (tertiary/aromatic N) is 2. The van der Waals surface area contributed by atoms with Crippen LogP contribution in [0.25, 0.3) is 10.1 Å². The third-order valence-corrected chi connectivity index (χ3v) is 5.36. The minimum Gasteiger partial charge on any atom is -0.465 e. The van der Waals surface area contributed by atoms with Gasteiger partial charge in [0.2, 0.25) is 0 Å². The molecule has 0 unspecified atom stereocenters. The van der Waals surface area contributed by atoms with Gasteiger partial charge in [0.15, 0.2) is 5.11 Å². The molecular formula is C16H15ClN4O2S2. The lowest BCUT2D eigenvalue weighted by atomic mass is 10.2. The van der Waals surface area contributed by atoms with Crippen molar-refractivity contribution in [3.05, 3.63) is 40.0 Å². The van der Waals surface area contributed by atoms with Gasteiger partial charge in [-0.25, -0.2) is 4.79 Å². The first-order valence-electron chi connectivity index (χ1n) is 7.27. The van der Waals surface area contributed by atoms with Crippen LogP contribution in [-0.4, -0.2) is 28.0 Å². The van der Waals surface area contributed by atoms with Crippen molar-refractivity contribution < 1.29 is 9.53 Å². The summed E-state index contributed by atoms with van der Waals surface area (Å²) >= 11 is 12.9. The first kappa shape index (κ1) is 17.7. The molecule has 0 aliphatic heterocycles. The monoisotopic (exact) mass is 394 g/mol. The van der Waals surface area contributed by atoms with Crippen LogP contribution in [0.15, 0.2) is 24.4 Å². The Labute approximate surface area is 158 Å². The van der Waals surface area contributed by atoms with E-state index in [2.05, 4.69) is 15.7 Å². The van der Waals surface area contributed by atoms with E-state index in [9.17, 15) is 4.79 Å². The van der Waals surface area contributed by atoms with Crippen LogP contribution in [0.1, 0.15) is 15.4 Å². The molecule has 2 aromatic heterocycles. The van der Waals surface area contributed by atoms with Gasteiger partial charge in [-0.3, -0.25) is 4.68 Å². The maximum absolute atomic E-state index is 11.8. The van der Waals surface area contributed by atoms with E-state index in [1.165, 1.54) is 18.4 Å². The van der Waals surface area contributed by atoms with E-state index in [0.29, 0.717) is 15.0 Å². The summed E-state index contributed by atoms with van der Waals surface area (Å²) in [5, 5.41) is 12.2. The molecule has 25 heavy (non-hydrogen) atoms. The Kier molecular flexibility index (Phi) is 4.94. The zero-order chi connectivity index (χ0) is 18.1. The summed E-state index contributed by atoms with van der Waals surface area (Å²) in [5.41, 5.74) is 2.49. The molecule has 2 N–H and O–H groups in total. The fourth-order valence-corrected chi connectivity index (χ4v) is 4.07. The minimum absolute atomic E-state index is 0.392. The molecule has 1 aromatic carbocycles. The molecule has 0 bridgehead atoms. The average Bonchev–Trinajstić information content (AvgIpc) is 3.05. The number of carbonyl (C=O) groups is 1. The summed E-state index contributed by atoms with van der Waals surface area (Å²) in [6, 6.07) is 5.59. The van der Waals surface area contributed by atoms with Gasteiger partial charge in [-0.2, -0.15) is 5.10 Å². The van der Waals surface area contributed by atoms with E-state index in [0.717, 1.165) is 27.2 Å². The fraction of sp³-hybridized carbons (Fsp3) is 0.188. The number of thiocarbonyl (C=S) groups is 1. The number of aryl methyl sites for hydroxylation is 2. The zero-order valence-electron chi connectivity index (χ0n) is 13.7. The van der Waals surface area contributed by atoms with Crippen LogP contribution in [0, 0.1) is 6.92 Å². The Morgan fingerprint density at radius 1 is 1.40 bits per heavy atom. The van der Waals surface area contributed by atoms with Gasteiger partial charge in [-0.1, -0.05) is 11.6 Å². The quantitative estimate of drug-likeness (QED) is 0.512. The number of nitrogens with one attached hydrogen (secondary N) is 2. The summed E-state index contributed by atoms with van der Waals surface area (Å²) in [6.07, 6.45) is 1.86. The van der Waals surface area contributed by atoms with Crippen molar-refractivity contribution in [1.29, 1.82) is 0 Å². The van der Waals surface area contributed by atoms with Crippen LogP contribution in [0.5, 0.6) is 0 Å². The van der Waals surface area contributed by atoms with Gasteiger partial charge in [0.05, 0.1) is 23.5 Å². The molecule has 0 saturated heterocycles. The number of anilines is 2. The average molecular weight is 395 g/mol. The number of halogens is 1. The first-order valence-corrected chi connectivity index (χ1v) is 8.88. The molecule has 130 valence electrons. The summed E-state index contributed by atoms with van der Waals surface area (Å²) in [4.78, 5) is 12.1. The minimum atomic E-state index is -0.440. The molecule has 0 radical (unpaired) electrons. The number of rotatable bonds is 3. The van der Waals surface area contributed by atoms with E-state index in [4.69, 9.17) is 28.6 Å². The van der Waals surface area contributed by atoms with Gasteiger partial charge in [-0.15, -0.1) is 11.3 Å². The Bertz CT molecular complexity index is 980. The Hall–Kier alpha value is -2.16. The topological polar surface area (TPSA) is 68.2 Å². The second kappa shape index (κ2) is 6.99. The number of benzene rings is 1. The molecule has 0 fully saturated rings. The number of ether oxygens (including phenoxy) is 1. The smallest absolute Gasteiger partial charge is 0.349 e. The molecule has 3 rings (SSSR count). The van der Waals surface area contributed by atoms with Crippen molar-refractivity contribution in [2.45, 2.75) is 6.92 Å². The first-order chi connectivity index (χ1) is 11.9. The summed E-state index contributed by atoms with van der Waals surface area (Å²) < 4.78 is 7.34. The summed E-state index contributed by atoms with van der Waals surface area (Å²) in [5.74, 6) is -0.440. The molecule has 0 amide bonds. The third kappa shape index (κ3) is 3.60. The second-order valence-corrected chi connectivity index (χ2v) is 7.17. The number of carbonyl (C=O) groups excluding carboxylic acids is 1. The highest BCUT2D eigenvalue weighted by molar-refractivity contribution is 7.80. The van der Waals surface area contributed by atoms with Gasteiger partial charge in [0, 0.05) is 29.0 Å². The van der Waals surface area contributed by atoms with Crippen LogP contribution < -0.4 is 10.6 Å². The summed E-state index contributed by atoms with van der Waals surface area (Å²) in [7, 11) is 3.18. The van der Waals surface area contributed by atoms with Gasteiger partial charge >= 0.3 is 5.97 Å². The van der Waals surface area contributed by atoms with Gasteiger partial charge < -0.3 is 15.4 Å². The van der Waals surface area contributed by atoms with E-state index < -0.39 is 5.97 Å². The van der Waals surface area contributed by atoms with E-state index in [1.807, 2.05) is 38.4 Å². The van der Waals surface area contributed by atoms with Gasteiger partial charge in [0.1, 0.15) is 4.88 Å². The molecule has 6 nitrogen and oxygen atoms in total. The van der Waals surface area contributed by atoms with Crippen LogP contribution in [0.3, 0.4) is 0 Å². The zero-order valence-corrected chi connectivity index (χ0v) is 16.1. The maximum atomic E-state index is 11.8. The molecule has 2 heterocycles. The largest absolute Gasteiger partial charge is 0.465 e. The normalized spacial score (nSPS) is 10.7. The Morgan fingerprint density at radius 2 is 2.16 bits per heavy atom. The van der Waals surface area contributed by atoms with Crippen LogP contribution in [0.2, 0.25) is 5.02 Å². The highest BCUT2D eigenvalue weighted by atomic mass is 35.5. The molecule has 0 aliphatic rings.